The van der Waals surface area contributed by atoms with Gasteiger partial charge in [0.05, 0.1) is 16.6 Å². The van der Waals surface area contributed by atoms with E-state index in [0.29, 0.717) is 16.8 Å². The van der Waals surface area contributed by atoms with Crippen LogP contribution in [0.2, 0.25) is 0 Å². The second-order valence-corrected chi connectivity index (χ2v) is 5.75. The average molecular weight is 320 g/mol. The van der Waals surface area contributed by atoms with Gasteiger partial charge < -0.3 is 4.98 Å². The lowest BCUT2D eigenvalue weighted by Crippen LogP contribution is -2.14. The minimum Gasteiger partial charge on any atom is -0.339 e. The minimum atomic E-state index is -0.401. The number of hydrogen-bond donors (Lipinski definition) is 1. The fraction of sp³-hybridized carbons (Fsp3) is 0.0526. The molecule has 4 aromatic rings. The Bertz CT molecular complexity index is 1150. The van der Waals surface area contributed by atoms with Crippen molar-refractivity contribution >= 4 is 22.5 Å². The number of pyridine rings is 1. The molecule has 0 aliphatic heterocycles. The first-order valence-electron chi connectivity index (χ1n) is 7.49. The summed E-state index contributed by atoms with van der Waals surface area (Å²) >= 11 is 0. The summed E-state index contributed by atoms with van der Waals surface area (Å²) in [4.78, 5) is 28.2. The number of aromatic amines is 1. The molecule has 1 N–H and O–H groups in total. The van der Waals surface area contributed by atoms with E-state index < -0.39 is 5.82 Å². The molecule has 118 valence electrons. The zero-order valence-electron chi connectivity index (χ0n) is 12.8. The second-order valence-electron chi connectivity index (χ2n) is 5.75. The van der Waals surface area contributed by atoms with Crippen LogP contribution in [-0.4, -0.2) is 15.2 Å². The lowest BCUT2D eigenvalue weighted by molar-refractivity contribution is 0.103. The van der Waals surface area contributed by atoms with Crippen LogP contribution < -0.4 is 5.56 Å². The van der Waals surface area contributed by atoms with Gasteiger partial charge in [0.1, 0.15) is 11.5 Å². The van der Waals surface area contributed by atoms with E-state index >= 15 is 0 Å². The standard InChI is InChI=1S/C19H13FN2O2/c1-11-2-8-15-16(10-11)22-17(23)9-7-14(19(22)21-15)18(24)12-3-5-13(20)6-4-12/h2-10,21H,1H3. The molecular weight excluding hydrogens is 307 g/mol. The normalized spacial score (nSPS) is 11.2. The molecule has 24 heavy (non-hydrogen) atoms. The molecule has 0 bridgehead atoms. The monoisotopic (exact) mass is 320 g/mol. The van der Waals surface area contributed by atoms with Crippen molar-refractivity contribution in [3.05, 3.63) is 87.5 Å². The summed E-state index contributed by atoms with van der Waals surface area (Å²) in [5.41, 5.74) is 3.49. The van der Waals surface area contributed by atoms with E-state index in [9.17, 15) is 14.0 Å². The first-order chi connectivity index (χ1) is 11.5. The molecule has 0 radical (unpaired) electrons. The Morgan fingerprint density at radius 1 is 1.04 bits per heavy atom. The number of carbonyl (C=O) groups excluding carboxylic acids is 1. The SMILES string of the molecule is Cc1ccc2[nH]c3c(C(=O)c4ccc(F)cc4)ccc(=O)n3c2c1. The Kier molecular flexibility index (Phi) is 3.09. The van der Waals surface area contributed by atoms with Crippen LogP contribution >= 0.6 is 0 Å². The van der Waals surface area contributed by atoms with Crippen LogP contribution in [-0.2, 0) is 0 Å². The molecule has 0 saturated carbocycles. The molecule has 4 nitrogen and oxygen atoms in total. The third-order valence-electron chi connectivity index (χ3n) is 4.09. The zero-order valence-corrected chi connectivity index (χ0v) is 12.8. The van der Waals surface area contributed by atoms with Crippen molar-refractivity contribution in [3.63, 3.8) is 0 Å². The highest BCUT2D eigenvalue weighted by Gasteiger charge is 2.17. The number of rotatable bonds is 2. The molecule has 2 aromatic heterocycles. The Morgan fingerprint density at radius 2 is 1.79 bits per heavy atom. The molecule has 0 aliphatic carbocycles. The third-order valence-corrected chi connectivity index (χ3v) is 4.09. The quantitative estimate of drug-likeness (QED) is 0.575. The summed E-state index contributed by atoms with van der Waals surface area (Å²) in [6, 6.07) is 13.9. The smallest absolute Gasteiger partial charge is 0.256 e. The maximum absolute atomic E-state index is 13.1. The van der Waals surface area contributed by atoms with Gasteiger partial charge >= 0.3 is 0 Å². The minimum absolute atomic E-state index is 0.211. The summed E-state index contributed by atoms with van der Waals surface area (Å²) < 4.78 is 14.6. The van der Waals surface area contributed by atoms with Gasteiger partial charge in [0, 0.05) is 11.6 Å². The van der Waals surface area contributed by atoms with Crippen LogP contribution in [0.5, 0.6) is 0 Å². The summed E-state index contributed by atoms with van der Waals surface area (Å²) in [5, 5.41) is 0. The van der Waals surface area contributed by atoms with E-state index in [2.05, 4.69) is 4.98 Å². The molecule has 0 aliphatic rings. The van der Waals surface area contributed by atoms with Crippen molar-refractivity contribution in [3.8, 4) is 0 Å². The van der Waals surface area contributed by atoms with Crippen LogP contribution in [0.15, 0.2) is 59.4 Å². The fourth-order valence-electron chi connectivity index (χ4n) is 2.90. The molecule has 0 fully saturated rings. The van der Waals surface area contributed by atoms with E-state index in [1.54, 1.807) is 0 Å². The Morgan fingerprint density at radius 3 is 2.54 bits per heavy atom. The molecule has 5 heteroatoms. The van der Waals surface area contributed by atoms with Crippen molar-refractivity contribution in [1.29, 1.82) is 0 Å². The highest BCUT2D eigenvalue weighted by atomic mass is 19.1. The zero-order chi connectivity index (χ0) is 16.8. The summed E-state index contributed by atoms with van der Waals surface area (Å²) in [6.45, 7) is 1.94. The van der Waals surface area contributed by atoms with Crippen LogP contribution in [0.4, 0.5) is 4.39 Å². The number of benzene rings is 2. The summed E-state index contributed by atoms with van der Waals surface area (Å²) in [7, 11) is 0. The lowest BCUT2D eigenvalue weighted by Gasteiger charge is -2.03. The number of fused-ring (bicyclic) bond motifs is 3. The molecule has 0 unspecified atom stereocenters. The van der Waals surface area contributed by atoms with Crippen LogP contribution in [0.1, 0.15) is 21.5 Å². The number of halogens is 1. The van der Waals surface area contributed by atoms with E-state index in [4.69, 9.17) is 0 Å². The number of nitrogens with zero attached hydrogens (tertiary/aromatic N) is 1. The van der Waals surface area contributed by atoms with Crippen molar-refractivity contribution in [2.75, 3.05) is 0 Å². The third kappa shape index (κ3) is 2.13. The maximum atomic E-state index is 13.1. The Balaban J connectivity index is 2.01. The molecule has 2 aromatic carbocycles. The number of hydrogen-bond acceptors (Lipinski definition) is 2. The van der Waals surface area contributed by atoms with Gasteiger partial charge in [-0.15, -0.1) is 0 Å². The van der Waals surface area contributed by atoms with Crippen molar-refractivity contribution in [1.82, 2.24) is 9.38 Å². The van der Waals surface area contributed by atoms with Gasteiger partial charge in [-0.25, -0.2) is 4.39 Å². The first-order valence-corrected chi connectivity index (χ1v) is 7.49. The fourth-order valence-corrected chi connectivity index (χ4v) is 2.90. The predicted molar refractivity (Wildman–Crippen MR) is 90.1 cm³/mol. The van der Waals surface area contributed by atoms with Crippen LogP contribution in [0.3, 0.4) is 0 Å². The van der Waals surface area contributed by atoms with Gasteiger partial charge in [-0.3, -0.25) is 14.0 Å². The number of imidazole rings is 1. The molecule has 0 saturated heterocycles. The van der Waals surface area contributed by atoms with E-state index in [0.717, 1.165) is 16.6 Å². The van der Waals surface area contributed by atoms with Gasteiger partial charge in [0.25, 0.3) is 5.56 Å². The molecule has 0 spiro atoms. The largest absolute Gasteiger partial charge is 0.339 e. The van der Waals surface area contributed by atoms with Crippen molar-refractivity contribution in [2.45, 2.75) is 6.92 Å². The number of nitrogens with one attached hydrogen (secondary N) is 1. The topological polar surface area (TPSA) is 54.3 Å². The molecule has 2 heterocycles. The second kappa shape index (κ2) is 5.16. The number of ketones is 1. The van der Waals surface area contributed by atoms with Crippen molar-refractivity contribution in [2.24, 2.45) is 0 Å². The molecule has 0 atom stereocenters. The van der Waals surface area contributed by atoms with E-state index in [1.165, 1.54) is 40.8 Å². The Labute approximate surface area is 136 Å². The van der Waals surface area contributed by atoms with Gasteiger partial charge in [-0.1, -0.05) is 6.07 Å². The van der Waals surface area contributed by atoms with E-state index in [1.807, 2.05) is 25.1 Å². The number of aromatic nitrogens is 2. The maximum Gasteiger partial charge on any atom is 0.256 e. The summed E-state index contributed by atoms with van der Waals surface area (Å²) in [5.74, 6) is -0.669. The number of aryl methyl sites for hydroxylation is 1. The summed E-state index contributed by atoms with van der Waals surface area (Å²) in [6.07, 6.45) is 0. The van der Waals surface area contributed by atoms with Gasteiger partial charge in [0.15, 0.2) is 5.78 Å². The number of carbonyl (C=O) groups is 1. The Hall–Kier alpha value is -3.21. The number of H-pyrrole nitrogens is 1. The highest BCUT2D eigenvalue weighted by molar-refractivity contribution is 6.13. The molecule has 0 amide bonds. The van der Waals surface area contributed by atoms with Gasteiger partial charge in [-0.2, -0.15) is 0 Å². The van der Waals surface area contributed by atoms with Crippen molar-refractivity contribution < 1.29 is 9.18 Å². The van der Waals surface area contributed by atoms with Gasteiger partial charge in [-0.05, 0) is 55.0 Å². The van der Waals surface area contributed by atoms with Crippen LogP contribution in [0.25, 0.3) is 16.7 Å². The average Bonchev–Trinajstić information content (AvgIpc) is 2.94. The highest BCUT2D eigenvalue weighted by Crippen LogP contribution is 2.21. The first kappa shape index (κ1) is 14.4. The lowest BCUT2D eigenvalue weighted by atomic mass is 10.0. The predicted octanol–water partition coefficient (Wildman–Crippen LogP) is 3.46. The van der Waals surface area contributed by atoms with Crippen LogP contribution in [0, 0.1) is 12.7 Å². The van der Waals surface area contributed by atoms with E-state index in [-0.39, 0.29) is 11.3 Å². The molecular formula is C19H13FN2O2. The molecule has 4 rings (SSSR count). The van der Waals surface area contributed by atoms with Gasteiger partial charge in [0.2, 0.25) is 0 Å².